The molecule has 1 amide bonds. The maximum absolute atomic E-state index is 13.0. The van der Waals surface area contributed by atoms with Crippen LogP contribution in [0.4, 0.5) is 0 Å². The van der Waals surface area contributed by atoms with E-state index in [1.807, 2.05) is 35.2 Å². The van der Waals surface area contributed by atoms with E-state index in [4.69, 9.17) is 0 Å². The average Bonchev–Trinajstić information content (AvgIpc) is 3.19. The molecule has 0 radical (unpaired) electrons. The van der Waals surface area contributed by atoms with Crippen LogP contribution in [0, 0.1) is 0 Å². The van der Waals surface area contributed by atoms with Crippen molar-refractivity contribution in [1.82, 2.24) is 19.1 Å². The molecular formula is C21H28N4O3S. The third kappa shape index (κ3) is 3.89. The Labute approximate surface area is 172 Å². The average molecular weight is 417 g/mol. The first-order valence-electron chi connectivity index (χ1n) is 10.2. The summed E-state index contributed by atoms with van der Waals surface area (Å²) in [7, 11) is -3.16. The summed E-state index contributed by atoms with van der Waals surface area (Å²) in [5.41, 5.74) is 1.45. The largest absolute Gasteiger partial charge is 0.336 e. The van der Waals surface area contributed by atoms with Gasteiger partial charge in [-0.25, -0.2) is 12.7 Å². The Morgan fingerprint density at radius 1 is 1.14 bits per heavy atom. The minimum Gasteiger partial charge on any atom is -0.336 e. The fourth-order valence-electron chi connectivity index (χ4n) is 4.65. The molecule has 7 nitrogen and oxygen atoms in total. The number of hydrogen-bond acceptors (Lipinski definition) is 5. The molecule has 2 aliphatic rings. The lowest BCUT2D eigenvalue weighted by Crippen LogP contribution is -2.59. The minimum absolute atomic E-state index is 0.0464. The molecule has 0 aliphatic carbocycles. The van der Waals surface area contributed by atoms with E-state index in [0.29, 0.717) is 31.7 Å². The number of hydrogen-bond donors (Lipinski definition) is 0. The minimum atomic E-state index is -3.16. The molecule has 4 rings (SSSR count). The van der Waals surface area contributed by atoms with Crippen molar-refractivity contribution < 1.29 is 13.2 Å². The number of nitrogens with zero attached hydrogens (tertiary/aromatic N) is 4. The first-order valence-corrected chi connectivity index (χ1v) is 12.0. The van der Waals surface area contributed by atoms with Crippen molar-refractivity contribution in [2.45, 2.75) is 25.3 Å². The lowest BCUT2D eigenvalue weighted by Gasteiger charge is -2.45. The highest BCUT2D eigenvalue weighted by Crippen LogP contribution is 2.33. The van der Waals surface area contributed by atoms with E-state index in [-0.39, 0.29) is 11.4 Å². The summed E-state index contributed by atoms with van der Waals surface area (Å²) in [5.74, 6) is 0.0464. The second-order valence-corrected chi connectivity index (χ2v) is 10.1. The molecule has 2 fully saturated rings. The van der Waals surface area contributed by atoms with Crippen molar-refractivity contribution in [3.63, 3.8) is 0 Å². The zero-order chi connectivity index (χ0) is 20.6. The number of rotatable bonds is 4. The van der Waals surface area contributed by atoms with E-state index in [0.717, 1.165) is 36.8 Å². The molecule has 0 N–H and O–H groups in total. The monoisotopic (exact) mass is 416 g/mol. The number of sulfonamides is 1. The van der Waals surface area contributed by atoms with E-state index >= 15 is 0 Å². The molecule has 1 aromatic carbocycles. The molecule has 1 aromatic heterocycles. The molecule has 0 spiro atoms. The van der Waals surface area contributed by atoms with Crippen LogP contribution < -0.4 is 0 Å². The summed E-state index contributed by atoms with van der Waals surface area (Å²) in [6.07, 6.45) is 4.79. The second-order valence-electron chi connectivity index (χ2n) is 8.11. The van der Waals surface area contributed by atoms with Gasteiger partial charge in [0, 0.05) is 62.0 Å². The number of piperazine rings is 1. The molecule has 29 heavy (non-hydrogen) atoms. The van der Waals surface area contributed by atoms with Gasteiger partial charge in [0.05, 0.1) is 11.8 Å². The van der Waals surface area contributed by atoms with Crippen LogP contribution >= 0.6 is 0 Å². The maximum atomic E-state index is 13.0. The molecule has 8 heteroatoms. The SMILES string of the molecule is CCC1(N2CCN(C(=O)c3ccc4ncccc4c3)CC2)CCN(S(C)(=O)=O)C1. The van der Waals surface area contributed by atoms with Gasteiger partial charge in [0.2, 0.25) is 10.0 Å². The van der Waals surface area contributed by atoms with Crippen molar-refractivity contribution in [2.24, 2.45) is 0 Å². The molecule has 3 heterocycles. The van der Waals surface area contributed by atoms with E-state index < -0.39 is 10.0 Å². The quantitative estimate of drug-likeness (QED) is 0.760. The number of carbonyl (C=O) groups is 1. The summed E-state index contributed by atoms with van der Waals surface area (Å²) in [4.78, 5) is 21.6. The highest BCUT2D eigenvalue weighted by Gasteiger charge is 2.45. The van der Waals surface area contributed by atoms with Gasteiger partial charge in [0.25, 0.3) is 5.91 Å². The normalized spacial score (nSPS) is 24.3. The Balaban J connectivity index is 1.44. The first-order chi connectivity index (χ1) is 13.8. The fraction of sp³-hybridized carbons (Fsp3) is 0.524. The zero-order valence-corrected chi connectivity index (χ0v) is 17.9. The van der Waals surface area contributed by atoms with E-state index in [9.17, 15) is 13.2 Å². The number of benzene rings is 1. The zero-order valence-electron chi connectivity index (χ0n) is 17.0. The van der Waals surface area contributed by atoms with Gasteiger partial charge in [-0.3, -0.25) is 14.7 Å². The van der Waals surface area contributed by atoms with Crippen LogP contribution in [0.2, 0.25) is 0 Å². The van der Waals surface area contributed by atoms with Gasteiger partial charge in [0.1, 0.15) is 0 Å². The number of fused-ring (bicyclic) bond motifs is 1. The number of pyridine rings is 1. The number of aromatic nitrogens is 1. The molecule has 0 bridgehead atoms. The summed E-state index contributed by atoms with van der Waals surface area (Å²) >= 11 is 0. The molecule has 0 saturated carbocycles. The fourth-order valence-corrected chi connectivity index (χ4v) is 5.55. The summed E-state index contributed by atoms with van der Waals surface area (Å²) in [5, 5.41) is 0.966. The maximum Gasteiger partial charge on any atom is 0.253 e. The van der Waals surface area contributed by atoms with Gasteiger partial charge in [-0.1, -0.05) is 13.0 Å². The van der Waals surface area contributed by atoms with Crippen molar-refractivity contribution in [3.8, 4) is 0 Å². The van der Waals surface area contributed by atoms with Gasteiger partial charge in [-0.2, -0.15) is 0 Å². The highest BCUT2D eigenvalue weighted by molar-refractivity contribution is 7.88. The molecular weight excluding hydrogens is 388 g/mol. The number of carbonyl (C=O) groups excluding carboxylic acids is 1. The Kier molecular flexibility index (Phi) is 5.35. The van der Waals surface area contributed by atoms with E-state index in [2.05, 4.69) is 16.8 Å². The molecule has 1 unspecified atom stereocenters. The third-order valence-corrected chi connectivity index (χ3v) is 7.76. The summed E-state index contributed by atoms with van der Waals surface area (Å²) in [6.45, 7) is 6.12. The summed E-state index contributed by atoms with van der Waals surface area (Å²) < 4.78 is 25.5. The van der Waals surface area contributed by atoms with Crippen molar-refractivity contribution in [2.75, 3.05) is 45.5 Å². The highest BCUT2D eigenvalue weighted by atomic mass is 32.2. The van der Waals surface area contributed by atoms with Crippen LogP contribution in [-0.4, -0.2) is 84.5 Å². The van der Waals surface area contributed by atoms with Crippen LogP contribution in [0.3, 0.4) is 0 Å². The van der Waals surface area contributed by atoms with Gasteiger partial charge in [0.15, 0.2) is 0 Å². The Bertz CT molecular complexity index is 1020. The topological polar surface area (TPSA) is 73.8 Å². The van der Waals surface area contributed by atoms with Gasteiger partial charge < -0.3 is 4.90 Å². The first kappa shape index (κ1) is 20.3. The molecule has 2 aliphatic heterocycles. The predicted molar refractivity (Wildman–Crippen MR) is 113 cm³/mol. The van der Waals surface area contributed by atoms with Crippen LogP contribution in [0.15, 0.2) is 36.5 Å². The Hall–Kier alpha value is -2.03. The lowest BCUT2D eigenvalue weighted by molar-refractivity contribution is 0.0313. The lowest BCUT2D eigenvalue weighted by atomic mass is 9.92. The van der Waals surface area contributed by atoms with Crippen molar-refractivity contribution >= 4 is 26.8 Å². The van der Waals surface area contributed by atoms with Gasteiger partial charge in [-0.15, -0.1) is 0 Å². The molecule has 2 saturated heterocycles. The van der Waals surface area contributed by atoms with E-state index in [1.165, 1.54) is 6.26 Å². The third-order valence-electron chi connectivity index (χ3n) is 6.51. The van der Waals surface area contributed by atoms with Crippen LogP contribution in [0.1, 0.15) is 30.1 Å². The van der Waals surface area contributed by atoms with Crippen molar-refractivity contribution in [3.05, 3.63) is 42.1 Å². The van der Waals surface area contributed by atoms with Gasteiger partial charge in [-0.05, 0) is 37.1 Å². The Morgan fingerprint density at radius 2 is 1.90 bits per heavy atom. The smallest absolute Gasteiger partial charge is 0.253 e. The Morgan fingerprint density at radius 3 is 2.55 bits per heavy atom. The van der Waals surface area contributed by atoms with Crippen LogP contribution in [-0.2, 0) is 10.0 Å². The van der Waals surface area contributed by atoms with Crippen LogP contribution in [0.5, 0.6) is 0 Å². The second kappa shape index (κ2) is 7.66. The standard InChI is InChI=1S/C21H28N4O3S/c1-3-21(8-10-25(16-21)29(2,27)28)24-13-11-23(12-14-24)20(26)18-6-7-19-17(15-18)5-4-9-22-19/h4-7,9,15H,3,8,10-14,16H2,1-2H3. The molecule has 156 valence electrons. The predicted octanol–water partition coefficient (Wildman–Crippen LogP) is 1.81. The number of amides is 1. The van der Waals surface area contributed by atoms with Crippen molar-refractivity contribution in [1.29, 1.82) is 0 Å². The van der Waals surface area contributed by atoms with Gasteiger partial charge >= 0.3 is 0 Å². The molecule has 2 aromatic rings. The molecule has 1 atom stereocenters. The van der Waals surface area contributed by atoms with Crippen LogP contribution in [0.25, 0.3) is 10.9 Å². The summed E-state index contributed by atoms with van der Waals surface area (Å²) in [6, 6.07) is 9.49. The van der Waals surface area contributed by atoms with E-state index in [1.54, 1.807) is 10.5 Å².